The highest BCUT2D eigenvalue weighted by Crippen LogP contribution is 2.26. The highest BCUT2D eigenvalue weighted by atomic mass is 35.5. The molecule has 152 valence electrons. The largest absolute Gasteiger partial charge is 0.376 e. The average Bonchev–Trinajstić information content (AvgIpc) is 3.19. The SMILES string of the molecule is COC1(C(=O)N(CCc2ccc(C)cc2)CC2CCCO2)CCNCC1.Cl. The van der Waals surface area contributed by atoms with Crippen molar-refractivity contribution in [3.05, 3.63) is 35.4 Å². The molecule has 0 radical (unpaired) electrons. The molecule has 5 nitrogen and oxygen atoms in total. The zero-order valence-corrected chi connectivity index (χ0v) is 17.4. The molecular formula is C21H33ClN2O3. The Labute approximate surface area is 169 Å². The first-order chi connectivity index (χ1) is 12.6. The fraction of sp³-hybridized carbons (Fsp3) is 0.667. The first-order valence-electron chi connectivity index (χ1n) is 9.85. The number of hydrogen-bond donors (Lipinski definition) is 1. The van der Waals surface area contributed by atoms with Crippen LogP contribution in [-0.4, -0.2) is 62.4 Å². The van der Waals surface area contributed by atoms with E-state index in [0.717, 1.165) is 51.8 Å². The Morgan fingerprint density at radius 3 is 2.59 bits per heavy atom. The van der Waals surface area contributed by atoms with Gasteiger partial charge in [-0.25, -0.2) is 0 Å². The van der Waals surface area contributed by atoms with E-state index in [1.807, 2.05) is 4.90 Å². The van der Waals surface area contributed by atoms with Crippen LogP contribution < -0.4 is 5.32 Å². The lowest BCUT2D eigenvalue weighted by Gasteiger charge is -2.39. The van der Waals surface area contributed by atoms with Crippen LogP contribution in [0.5, 0.6) is 0 Å². The van der Waals surface area contributed by atoms with Gasteiger partial charge in [0, 0.05) is 26.8 Å². The Morgan fingerprint density at radius 1 is 1.30 bits per heavy atom. The molecule has 3 rings (SSSR count). The van der Waals surface area contributed by atoms with Gasteiger partial charge in [-0.15, -0.1) is 12.4 Å². The van der Waals surface area contributed by atoms with Gasteiger partial charge >= 0.3 is 0 Å². The van der Waals surface area contributed by atoms with Gasteiger partial charge in [-0.05, 0) is 57.7 Å². The molecule has 6 heteroatoms. The minimum absolute atomic E-state index is 0. The number of benzene rings is 1. The third kappa shape index (κ3) is 5.67. The van der Waals surface area contributed by atoms with Crippen LogP contribution in [0.15, 0.2) is 24.3 Å². The first-order valence-corrected chi connectivity index (χ1v) is 9.85. The molecule has 1 amide bonds. The van der Waals surface area contributed by atoms with E-state index in [1.54, 1.807) is 7.11 Å². The van der Waals surface area contributed by atoms with Crippen molar-refractivity contribution in [3.63, 3.8) is 0 Å². The first kappa shape index (κ1) is 22.2. The standard InChI is InChI=1S/C21H32N2O3.ClH/c1-17-5-7-18(8-6-17)9-14-23(16-19-4-3-15-26-19)20(24)21(25-2)10-12-22-13-11-21;/h5-8,19,22H,3-4,9-16H2,1-2H3;1H. The van der Waals surface area contributed by atoms with Gasteiger partial charge in [0.25, 0.3) is 5.91 Å². The Hall–Kier alpha value is -1.14. The van der Waals surface area contributed by atoms with E-state index < -0.39 is 5.60 Å². The van der Waals surface area contributed by atoms with Crippen molar-refractivity contribution in [3.8, 4) is 0 Å². The summed E-state index contributed by atoms with van der Waals surface area (Å²) in [5.74, 6) is 0.129. The topological polar surface area (TPSA) is 50.8 Å². The van der Waals surface area contributed by atoms with E-state index >= 15 is 0 Å². The Balaban J connectivity index is 0.00000261. The summed E-state index contributed by atoms with van der Waals surface area (Å²) in [5.41, 5.74) is 1.84. The minimum atomic E-state index is -0.683. The lowest BCUT2D eigenvalue weighted by molar-refractivity contribution is -0.159. The number of aryl methyl sites for hydroxylation is 1. The van der Waals surface area contributed by atoms with Gasteiger partial charge in [0.1, 0.15) is 5.60 Å². The normalized spacial score (nSPS) is 21.5. The molecule has 1 aromatic carbocycles. The van der Waals surface area contributed by atoms with Gasteiger partial charge in [-0.3, -0.25) is 4.79 Å². The van der Waals surface area contributed by atoms with Gasteiger partial charge in [-0.1, -0.05) is 29.8 Å². The van der Waals surface area contributed by atoms with Crippen molar-refractivity contribution in [1.29, 1.82) is 0 Å². The average molecular weight is 397 g/mol. The molecule has 2 aliphatic rings. The maximum Gasteiger partial charge on any atom is 0.255 e. The number of halogens is 1. The van der Waals surface area contributed by atoms with E-state index in [-0.39, 0.29) is 24.4 Å². The Kier molecular flexibility index (Phi) is 8.55. The van der Waals surface area contributed by atoms with Crippen molar-refractivity contribution in [1.82, 2.24) is 10.2 Å². The third-order valence-electron chi connectivity index (χ3n) is 5.72. The van der Waals surface area contributed by atoms with E-state index in [9.17, 15) is 4.79 Å². The molecule has 2 aliphatic heterocycles. The van der Waals surface area contributed by atoms with Crippen LogP contribution in [0.3, 0.4) is 0 Å². The number of piperidine rings is 1. The molecule has 0 saturated carbocycles. The van der Waals surface area contributed by atoms with Crippen molar-refractivity contribution in [2.75, 3.05) is 39.9 Å². The predicted molar refractivity (Wildman–Crippen MR) is 110 cm³/mol. The predicted octanol–water partition coefficient (Wildman–Crippen LogP) is 2.74. The molecule has 0 aromatic heterocycles. The maximum atomic E-state index is 13.4. The molecule has 2 fully saturated rings. The van der Waals surface area contributed by atoms with Crippen LogP contribution >= 0.6 is 12.4 Å². The van der Waals surface area contributed by atoms with E-state index in [0.29, 0.717) is 13.1 Å². The van der Waals surface area contributed by atoms with Crippen LogP contribution in [0.4, 0.5) is 0 Å². The molecule has 1 unspecified atom stereocenters. The molecule has 1 atom stereocenters. The Morgan fingerprint density at radius 2 is 2.00 bits per heavy atom. The summed E-state index contributed by atoms with van der Waals surface area (Å²) < 4.78 is 11.6. The number of carbonyl (C=O) groups is 1. The van der Waals surface area contributed by atoms with E-state index in [4.69, 9.17) is 9.47 Å². The fourth-order valence-corrected chi connectivity index (χ4v) is 3.95. The second-order valence-electron chi connectivity index (χ2n) is 7.57. The number of amides is 1. The number of ether oxygens (including phenoxy) is 2. The number of nitrogens with one attached hydrogen (secondary N) is 1. The second kappa shape index (κ2) is 10.4. The van der Waals surface area contributed by atoms with Gasteiger partial charge in [0.2, 0.25) is 0 Å². The molecule has 27 heavy (non-hydrogen) atoms. The smallest absolute Gasteiger partial charge is 0.255 e. The third-order valence-corrected chi connectivity index (χ3v) is 5.72. The van der Waals surface area contributed by atoms with E-state index in [2.05, 4.69) is 36.5 Å². The number of nitrogens with zero attached hydrogens (tertiary/aromatic N) is 1. The van der Waals surface area contributed by atoms with Gasteiger partial charge in [-0.2, -0.15) is 0 Å². The molecule has 0 bridgehead atoms. The molecule has 0 spiro atoms. The molecule has 2 saturated heterocycles. The summed E-state index contributed by atoms with van der Waals surface area (Å²) in [6.45, 7) is 5.93. The summed E-state index contributed by atoms with van der Waals surface area (Å²) in [6, 6.07) is 8.57. The molecular weight excluding hydrogens is 364 g/mol. The van der Waals surface area contributed by atoms with Crippen molar-refractivity contribution >= 4 is 18.3 Å². The summed E-state index contributed by atoms with van der Waals surface area (Å²) in [5, 5.41) is 3.33. The van der Waals surface area contributed by atoms with Crippen LogP contribution in [0, 0.1) is 6.92 Å². The van der Waals surface area contributed by atoms with Crippen molar-refractivity contribution in [2.24, 2.45) is 0 Å². The highest BCUT2D eigenvalue weighted by Gasteiger charge is 2.42. The summed E-state index contributed by atoms with van der Waals surface area (Å²) >= 11 is 0. The zero-order chi connectivity index (χ0) is 18.4. The second-order valence-corrected chi connectivity index (χ2v) is 7.57. The molecule has 1 aromatic rings. The van der Waals surface area contributed by atoms with Crippen LogP contribution in [0.25, 0.3) is 0 Å². The maximum absolute atomic E-state index is 13.4. The number of rotatable bonds is 7. The number of methoxy groups -OCH3 is 1. The fourth-order valence-electron chi connectivity index (χ4n) is 3.95. The van der Waals surface area contributed by atoms with Crippen molar-refractivity contribution < 1.29 is 14.3 Å². The lowest BCUT2D eigenvalue weighted by atomic mass is 9.90. The Bertz CT molecular complexity index is 582. The number of hydrogen-bond acceptors (Lipinski definition) is 4. The molecule has 0 aliphatic carbocycles. The molecule has 2 heterocycles. The van der Waals surface area contributed by atoms with Crippen LogP contribution in [-0.2, 0) is 20.7 Å². The molecule has 1 N–H and O–H groups in total. The zero-order valence-electron chi connectivity index (χ0n) is 16.5. The van der Waals surface area contributed by atoms with Crippen molar-refractivity contribution in [2.45, 2.75) is 50.7 Å². The summed E-state index contributed by atoms with van der Waals surface area (Å²) in [7, 11) is 1.67. The summed E-state index contributed by atoms with van der Waals surface area (Å²) in [6.07, 6.45) is 4.60. The van der Waals surface area contributed by atoms with Gasteiger partial charge in [0.15, 0.2) is 0 Å². The summed E-state index contributed by atoms with van der Waals surface area (Å²) in [4.78, 5) is 15.4. The highest BCUT2D eigenvalue weighted by molar-refractivity contribution is 5.86. The van der Waals surface area contributed by atoms with Crippen LogP contribution in [0.2, 0.25) is 0 Å². The van der Waals surface area contributed by atoms with Crippen LogP contribution in [0.1, 0.15) is 36.8 Å². The number of carbonyl (C=O) groups excluding carboxylic acids is 1. The quantitative estimate of drug-likeness (QED) is 0.769. The minimum Gasteiger partial charge on any atom is -0.376 e. The lowest BCUT2D eigenvalue weighted by Crippen LogP contribution is -2.56. The van der Waals surface area contributed by atoms with E-state index in [1.165, 1.54) is 11.1 Å². The van der Waals surface area contributed by atoms with Gasteiger partial charge in [0.05, 0.1) is 6.10 Å². The monoisotopic (exact) mass is 396 g/mol. The van der Waals surface area contributed by atoms with Gasteiger partial charge < -0.3 is 19.7 Å².